The minimum absolute atomic E-state index is 0.0153. The highest BCUT2D eigenvalue weighted by atomic mass is 16.5. The van der Waals surface area contributed by atoms with Gasteiger partial charge in [-0.25, -0.2) is 0 Å². The van der Waals surface area contributed by atoms with Crippen LogP contribution >= 0.6 is 0 Å². The van der Waals surface area contributed by atoms with Crippen LogP contribution in [0.5, 0.6) is 0 Å². The lowest BCUT2D eigenvalue weighted by Gasteiger charge is -2.47. The molecule has 0 amide bonds. The van der Waals surface area contributed by atoms with E-state index in [4.69, 9.17) is 4.74 Å². The van der Waals surface area contributed by atoms with Crippen molar-refractivity contribution in [2.75, 3.05) is 32.7 Å². The zero-order valence-corrected chi connectivity index (χ0v) is 12.3. The Hall–Kier alpha value is -0.120. The molecule has 0 atom stereocenters. The topological polar surface area (TPSA) is 24.5 Å². The molecule has 1 fully saturated rings. The lowest BCUT2D eigenvalue weighted by atomic mass is 9.99. The maximum Gasteiger partial charge on any atom is 0.0760 e. The highest BCUT2D eigenvalue weighted by Crippen LogP contribution is 2.27. The van der Waals surface area contributed by atoms with Crippen LogP contribution in [-0.2, 0) is 4.74 Å². The second-order valence-corrected chi connectivity index (χ2v) is 6.44. The molecule has 1 rings (SSSR count). The van der Waals surface area contributed by atoms with Gasteiger partial charge >= 0.3 is 0 Å². The van der Waals surface area contributed by atoms with Crippen molar-refractivity contribution in [3.63, 3.8) is 0 Å². The van der Waals surface area contributed by atoms with Gasteiger partial charge in [0.1, 0.15) is 0 Å². The van der Waals surface area contributed by atoms with Crippen molar-refractivity contribution in [2.45, 2.75) is 58.7 Å². The Balaban J connectivity index is 2.28. The zero-order chi connectivity index (χ0) is 12.9. The van der Waals surface area contributed by atoms with E-state index in [1.807, 2.05) is 0 Å². The number of nitrogens with zero attached hydrogens (tertiary/aromatic N) is 1. The van der Waals surface area contributed by atoms with Crippen LogP contribution in [0.2, 0.25) is 0 Å². The first-order valence-corrected chi connectivity index (χ1v) is 6.98. The minimum Gasteiger partial charge on any atom is -0.367 e. The smallest absolute Gasteiger partial charge is 0.0760 e. The van der Waals surface area contributed by atoms with E-state index in [2.05, 4.69) is 44.8 Å². The maximum absolute atomic E-state index is 6.08. The van der Waals surface area contributed by atoms with E-state index in [0.717, 1.165) is 26.2 Å². The lowest BCUT2D eigenvalue weighted by molar-refractivity contribution is -0.180. The molecule has 1 saturated heterocycles. The predicted molar refractivity (Wildman–Crippen MR) is 73.5 cm³/mol. The minimum atomic E-state index is -0.0153. The van der Waals surface area contributed by atoms with Gasteiger partial charge in [-0.2, -0.15) is 0 Å². The molecule has 3 heteroatoms. The Morgan fingerprint density at radius 3 is 2.18 bits per heavy atom. The monoisotopic (exact) mass is 242 g/mol. The summed E-state index contributed by atoms with van der Waals surface area (Å²) >= 11 is 0. The number of rotatable bonds is 6. The molecule has 0 aromatic rings. The molecule has 0 aliphatic carbocycles. The van der Waals surface area contributed by atoms with Crippen molar-refractivity contribution in [3.05, 3.63) is 0 Å². The largest absolute Gasteiger partial charge is 0.367 e. The van der Waals surface area contributed by atoms with Gasteiger partial charge in [0.05, 0.1) is 11.2 Å². The Bertz CT molecular complexity index is 210. The van der Waals surface area contributed by atoms with Crippen LogP contribution in [-0.4, -0.2) is 48.8 Å². The number of ether oxygens (including phenoxy) is 1. The van der Waals surface area contributed by atoms with Gasteiger partial charge in [-0.1, -0.05) is 6.92 Å². The van der Waals surface area contributed by atoms with Crippen LogP contribution in [0.4, 0.5) is 0 Å². The third kappa shape index (κ3) is 5.84. The molecule has 1 heterocycles. The quantitative estimate of drug-likeness (QED) is 0.723. The molecule has 0 bridgehead atoms. The molecule has 0 saturated carbocycles. The summed E-state index contributed by atoms with van der Waals surface area (Å²) in [6, 6.07) is 0. The number of hydrogen-bond acceptors (Lipinski definition) is 3. The average molecular weight is 242 g/mol. The first-order chi connectivity index (χ1) is 7.85. The van der Waals surface area contributed by atoms with E-state index in [-0.39, 0.29) is 11.2 Å². The molecule has 102 valence electrons. The second-order valence-electron chi connectivity index (χ2n) is 6.44. The predicted octanol–water partition coefficient (Wildman–Crippen LogP) is 2.27. The normalized spacial score (nSPS) is 23.8. The van der Waals surface area contributed by atoms with E-state index in [0.29, 0.717) is 0 Å². The van der Waals surface area contributed by atoms with Gasteiger partial charge in [0.15, 0.2) is 0 Å². The fourth-order valence-electron chi connectivity index (χ4n) is 2.83. The maximum atomic E-state index is 6.08. The summed E-state index contributed by atoms with van der Waals surface area (Å²) in [6.07, 6.45) is 2.45. The van der Waals surface area contributed by atoms with Crippen molar-refractivity contribution in [3.8, 4) is 0 Å². The lowest BCUT2D eigenvalue weighted by Crippen LogP contribution is -2.57. The number of hydrogen-bond donors (Lipinski definition) is 1. The Morgan fingerprint density at radius 2 is 1.65 bits per heavy atom. The van der Waals surface area contributed by atoms with Crippen LogP contribution in [0.3, 0.4) is 0 Å². The van der Waals surface area contributed by atoms with Crippen LogP contribution in [0.15, 0.2) is 0 Å². The van der Waals surface area contributed by atoms with Gasteiger partial charge in [-0.05, 0) is 60.2 Å². The standard InChI is InChI=1S/C14H30N2O/c1-6-8-15-9-7-10-16-11-13(2,3)17-14(4,5)12-16/h15H,6-12H2,1-5H3. The summed E-state index contributed by atoms with van der Waals surface area (Å²) in [5.41, 5.74) is -0.0306. The molecule has 3 nitrogen and oxygen atoms in total. The van der Waals surface area contributed by atoms with Crippen molar-refractivity contribution >= 4 is 0 Å². The molecule has 17 heavy (non-hydrogen) atoms. The summed E-state index contributed by atoms with van der Waals surface area (Å²) in [6.45, 7) is 16.5. The molecule has 0 spiro atoms. The molecule has 0 radical (unpaired) electrons. The first-order valence-electron chi connectivity index (χ1n) is 6.98. The van der Waals surface area contributed by atoms with Crippen LogP contribution in [0, 0.1) is 0 Å². The van der Waals surface area contributed by atoms with Gasteiger partial charge in [0.25, 0.3) is 0 Å². The summed E-state index contributed by atoms with van der Waals surface area (Å²) in [5, 5.41) is 3.46. The fraction of sp³-hybridized carbons (Fsp3) is 1.00. The SMILES string of the molecule is CCCNCCCN1CC(C)(C)OC(C)(C)C1. The Morgan fingerprint density at radius 1 is 1.06 bits per heavy atom. The second kappa shape index (κ2) is 6.17. The van der Waals surface area contributed by atoms with Gasteiger partial charge in [-0.3, -0.25) is 4.90 Å². The third-order valence-electron chi connectivity index (χ3n) is 3.02. The van der Waals surface area contributed by atoms with Crippen molar-refractivity contribution in [1.29, 1.82) is 0 Å². The third-order valence-corrected chi connectivity index (χ3v) is 3.02. The van der Waals surface area contributed by atoms with Crippen LogP contribution in [0.25, 0.3) is 0 Å². The average Bonchev–Trinajstić information content (AvgIpc) is 2.12. The summed E-state index contributed by atoms with van der Waals surface area (Å²) in [7, 11) is 0. The Kier molecular flexibility index (Phi) is 5.42. The zero-order valence-electron chi connectivity index (χ0n) is 12.3. The Labute approximate surface area is 107 Å². The van der Waals surface area contributed by atoms with E-state index >= 15 is 0 Å². The molecule has 1 aliphatic rings. The van der Waals surface area contributed by atoms with Crippen LogP contribution < -0.4 is 5.32 Å². The number of nitrogens with one attached hydrogen (secondary N) is 1. The molecule has 1 aliphatic heterocycles. The van der Waals surface area contributed by atoms with E-state index in [9.17, 15) is 0 Å². The van der Waals surface area contributed by atoms with Crippen molar-refractivity contribution < 1.29 is 4.74 Å². The summed E-state index contributed by atoms with van der Waals surface area (Å²) in [4.78, 5) is 2.54. The van der Waals surface area contributed by atoms with E-state index in [1.165, 1.54) is 19.4 Å². The molecule has 0 unspecified atom stereocenters. The highest BCUT2D eigenvalue weighted by molar-refractivity contribution is 4.88. The van der Waals surface area contributed by atoms with Gasteiger partial charge in [0, 0.05) is 13.1 Å². The molecule has 0 aromatic heterocycles. The van der Waals surface area contributed by atoms with Gasteiger partial charge in [-0.15, -0.1) is 0 Å². The fourth-order valence-corrected chi connectivity index (χ4v) is 2.83. The highest BCUT2D eigenvalue weighted by Gasteiger charge is 2.37. The van der Waals surface area contributed by atoms with E-state index in [1.54, 1.807) is 0 Å². The summed E-state index contributed by atoms with van der Waals surface area (Å²) < 4.78 is 6.08. The molecular weight excluding hydrogens is 212 g/mol. The van der Waals surface area contributed by atoms with Crippen molar-refractivity contribution in [1.82, 2.24) is 10.2 Å². The summed E-state index contributed by atoms with van der Waals surface area (Å²) in [5.74, 6) is 0. The number of morpholine rings is 1. The first kappa shape index (κ1) is 14.9. The van der Waals surface area contributed by atoms with Gasteiger partial charge in [0.2, 0.25) is 0 Å². The molecule has 0 aromatic carbocycles. The van der Waals surface area contributed by atoms with Crippen molar-refractivity contribution in [2.24, 2.45) is 0 Å². The van der Waals surface area contributed by atoms with Gasteiger partial charge < -0.3 is 10.1 Å². The molecule has 1 N–H and O–H groups in total. The van der Waals surface area contributed by atoms with E-state index < -0.39 is 0 Å². The van der Waals surface area contributed by atoms with Crippen LogP contribution in [0.1, 0.15) is 47.5 Å². The molecular formula is C14H30N2O.